The van der Waals surface area contributed by atoms with Gasteiger partial charge in [-0.2, -0.15) is 0 Å². The third-order valence-electron chi connectivity index (χ3n) is 1.15. The van der Waals surface area contributed by atoms with Crippen molar-refractivity contribution in [3.63, 3.8) is 0 Å². The Morgan fingerprint density at radius 1 is 1.36 bits per heavy atom. The first-order valence-corrected chi connectivity index (χ1v) is 2.98. The molecule has 0 heterocycles. The Hall–Kier alpha value is -1.71. The van der Waals surface area contributed by atoms with Crippen LogP contribution < -0.4 is 5.32 Å². The number of aromatic hydroxyl groups is 1. The van der Waals surface area contributed by atoms with Gasteiger partial charge < -0.3 is 10.2 Å². The molecule has 0 aliphatic heterocycles. The maximum atomic E-state index is 10.1. The van der Waals surface area contributed by atoms with Crippen molar-refractivity contribution in [3.8, 4) is 5.75 Å². The Bertz CT molecular complexity index is 272. The van der Waals surface area contributed by atoms with Crippen LogP contribution >= 0.6 is 0 Å². The van der Waals surface area contributed by atoms with E-state index in [0.717, 1.165) is 0 Å². The molecule has 0 unspecified atom stereocenters. The van der Waals surface area contributed by atoms with Crippen molar-refractivity contribution in [2.24, 2.45) is 0 Å². The molecule has 0 atom stereocenters. The van der Waals surface area contributed by atoms with Gasteiger partial charge in [-0.25, -0.2) is 4.79 Å². The van der Waals surface area contributed by atoms with Crippen molar-refractivity contribution in [2.75, 3.05) is 5.32 Å². The molecule has 1 aromatic carbocycles. The third kappa shape index (κ3) is 1.86. The second-order valence-electron chi connectivity index (χ2n) is 1.95. The van der Waals surface area contributed by atoms with Crippen molar-refractivity contribution in [3.05, 3.63) is 24.3 Å². The summed E-state index contributed by atoms with van der Waals surface area (Å²) in [4.78, 5) is 10.1. The van der Waals surface area contributed by atoms with E-state index in [9.17, 15) is 4.79 Å². The number of phenolic OH excluding ortho intramolecular Hbond substituents is 1. The summed E-state index contributed by atoms with van der Waals surface area (Å²) in [6.45, 7) is 0. The van der Waals surface area contributed by atoms with Gasteiger partial charge in [-0.3, -0.25) is 5.32 Å². The molecular weight excluding hydrogens is 146 g/mol. The van der Waals surface area contributed by atoms with Crippen LogP contribution in [-0.4, -0.2) is 16.3 Å². The number of hydrogen-bond donors (Lipinski definition) is 3. The molecule has 1 aromatic rings. The molecule has 11 heavy (non-hydrogen) atoms. The summed E-state index contributed by atoms with van der Waals surface area (Å²) in [6, 6.07) is 6.13. The van der Waals surface area contributed by atoms with E-state index in [0.29, 0.717) is 0 Å². The summed E-state index contributed by atoms with van der Waals surface area (Å²) in [5.41, 5.74) is 0.194. The Kier molecular flexibility index (Phi) is 1.96. The van der Waals surface area contributed by atoms with E-state index in [1.165, 1.54) is 12.1 Å². The first kappa shape index (κ1) is 7.40. The van der Waals surface area contributed by atoms with Gasteiger partial charge in [0, 0.05) is 0 Å². The molecule has 58 valence electrons. The van der Waals surface area contributed by atoms with Gasteiger partial charge in [-0.15, -0.1) is 0 Å². The van der Waals surface area contributed by atoms with Crippen LogP contribution in [0.4, 0.5) is 10.5 Å². The SMILES string of the molecule is O=C(O)Nc1ccccc1O. The van der Waals surface area contributed by atoms with E-state index in [2.05, 4.69) is 0 Å². The highest BCUT2D eigenvalue weighted by molar-refractivity contribution is 5.84. The zero-order chi connectivity index (χ0) is 8.27. The molecule has 0 aromatic heterocycles. The molecule has 1 amide bonds. The van der Waals surface area contributed by atoms with Gasteiger partial charge in [0.15, 0.2) is 0 Å². The Morgan fingerprint density at radius 2 is 2.00 bits per heavy atom. The number of carbonyl (C=O) groups is 1. The number of rotatable bonds is 1. The summed E-state index contributed by atoms with van der Waals surface area (Å²) in [6.07, 6.45) is -1.19. The minimum Gasteiger partial charge on any atom is -0.506 e. The Balaban J connectivity index is 2.86. The van der Waals surface area contributed by atoms with Gasteiger partial charge in [0.25, 0.3) is 0 Å². The van der Waals surface area contributed by atoms with E-state index >= 15 is 0 Å². The molecule has 0 spiro atoms. The van der Waals surface area contributed by atoms with Gasteiger partial charge in [-0.05, 0) is 12.1 Å². The van der Waals surface area contributed by atoms with Crippen molar-refractivity contribution < 1.29 is 15.0 Å². The molecule has 4 nitrogen and oxygen atoms in total. The van der Waals surface area contributed by atoms with Gasteiger partial charge in [0.2, 0.25) is 0 Å². The number of carboxylic acid groups (broad SMARTS) is 1. The van der Waals surface area contributed by atoms with Crippen LogP contribution in [0.5, 0.6) is 5.75 Å². The summed E-state index contributed by atoms with van der Waals surface area (Å²) in [5.74, 6) is -0.0742. The molecule has 0 bridgehead atoms. The lowest BCUT2D eigenvalue weighted by atomic mass is 10.3. The van der Waals surface area contributed by atoms with Crippen LogP contribution in [0.25, 0.3) is 0 Å². The van der Waals surface area contributed by atoms with E-state index < -0.39 is 6.09 Å². The second-order valence-corrected chi connectivity index (χ2v) is 1.95. The van der Waals surface area contributed by atoms with Gasteiger partial charge in [0.05, 0.1) is 5.69 Å². The fourth-order valence-corrected chi connectivity index (χ4v) is 0.695. The molecule has 4 heteroatoms. The number of phenols is 1. The van der Waals surface area contributed by atoms with Crippen LogP contribution in [-0.2, 0) is 0 Å². The summed E-state index contributed by atoms with van der Waals surface area (Å²) >= 11 is 0. The van der Waals surface area contributed by atoms with E-state index in [1.807, 2.05) is 5.32 Å². The quantitative estimate of drug-likeness (QED) is 0.535. The number of hydrogen-bond acceptors (Lipinski definition) is 2. The molecule has 3 N–H and O–H groups in total. The monoisotopic (exact) mass is 153 g/mol. The highest BCUT2D eigenvalue weighted by Gasteiger charge is 2.00. The van der Waals surface area contributed by atoms with Crippen LogP contribution in [0.2, 0.25) is 0 Å². The fourth-order valence-electron chi connectivity index (χ4n) is 0.695. The van der Waals surface area contributed by atoms with Crippen molar-refractivity contribution in [1.29, 1.82) is 0 Å². The zero-order valence-electron chi connectivity index (χ0n) is 5.61. The number of anilines is 1. The van der Waals surface area contributed by atoms with Crippen LogP contribution in [0, 0.1) is 0 Å². The molecule has 0 aliphatic carbocycles. The first-order valence-electron chi connectivity index (χ1n) is 2.98. The molecule has 0 saturated heterocycles. The van der Waals surface area contributed by atoms with E-state index in [1.54, 1.807) is 12.1 Å². The largest absolute Gasteiger partial charge is 0.506 e. The summed E-state index contributed by atoms with van der Waals surface area (Å²) in [7, 11) is 0. The number of nitrogens with one attached hydrogen (secondary N) is 1. The number of amides is 1. The molecule has 0 fully saturated rings. The lowest BCUT2D eigenvalue weighted by molar-refractivity contribution is 0.209. The summed E-state index contributed by atoms with van der Waals surface area (Å²) < 4.78 is 0. The second kappa shape index (κ2) is 2.92. The third-order valence-corrected chi connectivity index (χ3v) is 1.15. The lowest BCUT2D eigenvalue weighted by Crippen LogP contribution is -2.06. The standard InChI is InChI=1S/C7H7NO3/c9-6-4-2-1-3-5(6)8-7(10)11/h1-4,8-9H,(H,10,11). The van der Waals surface area contributed by atoms with Crippen LogP contribution in [0.3, 0.4) is 0 Å². The zero-order valence-corrected chi connectivity index (χ0v) is 5.61. The van der Waals surface area contributed by atoms with Gasteiger partial charge in [0.1, 0.15) is 5.75 Å². The van der Waals surface area contributed by atoms with E-state index in [4.69, 9.17) is 10.2 Å². The average Bonchev–Trinajstić information content (AvgIpc) is 1.93. The molecule has 0 aliphatic rings. The Labute approximate surface area is 63.1 Å². The predicted octanol–water partition coefficient (Wildman–Crippen LogP) is 1.48. The fraction of sp³-hybridized carbons (Fsp3) is 0. The average molecular weight is 153 g/mol. The minimum absolute atomic E-state index is 0.0742. The molecular formula is C7H7NO3. The maximum Gasteiger partial charge on any atom is 0.409 e. The smallest absolute Gasteiger partial charge is 0.409 e. The predicted molar refractivity (Wildman–Crippen MR) is 39.8 cm³/mol. The van der Waals surface area contributed by atoms with Crippen LogP contribution in [0.1, 0.15) is 0 Å². The number of benzene rings is 1. The highest BCUT2D eigenvalue weighted by Crippen LogP contribution is 2.20. The van der Waals surface area contributed by atoms with Gasteiger partial charge >= 0.3 is 6.09 Å². The molecule has 1 rings (SSSR count). The normalized spacial score (nSPS) is 9.09. The van der Waals surface area contributed by atoms with Crippen molar-refractivity contribution in [1.82, 2.24) is 0 Å². The Morgan fingerprint density at radius 3 is 2.55 bits per heavy atom. The van der Waals surface area contributed by atoms with Gasteiger partial charge in [-0.1, -0.05) is 12.1 Å². The molecule has 0 radical (unpaired) electrons. The summed E-state index contributed by atoms with van der Waals surface area (Å²) in [5, 5.41) is 19.3. The minimum atomic E-state index is -1.19. The topological polar surface area (TPSA) is 69.6 Å². The van der Waals surface area contributed by atoms with Crippen molar-refractivity contribution >= 4 is 11.8 Å². The van der Waals surface area contributed by atoms with E-state index in [-0.39, 0.29) is 11.4 Å². The van der Waals surface area contributed by atoms with Crippen LogP contribution in [0.15, 0.2) is 24.3 Å². The molecule has 0 saturated carbocycles. The highest BCUT2D eigenvalue weighted by atomic mass is 16.4. The van der Waals surface area contributed by atoms with Crippen molar-refractivity contribution in [2.45, 2.75) is 0 Å². The first-order chi connectivity index (χ1) is 5.20. The number of para-hydroxylation sites is 2. The maximum absolute atomic E-state index is 10.1. The lowest BCUT2D eigenvalue weighted by Gasteiger charge is -2.01.